The van der Waals surface area contributed by atoms with Gasteiger partial charge in [0, 0.05) is 0 Å². The SMILES string of the molecule is COC(=O)C(CCl)=C(C)CCN. The third-order valence-corrected chi connectivity index (χ3v) is 1.87. The fourth-order valence-corrected chi connectivity index (χ4v) is 1.17. The average Bonchev–Trinajstić information content (AvgIpc) is 2.06. The number of ether oxygens (including phenoxy) is 1. The van der Waals surface area contributed by atoms with Crippen LogP contribution in [0.1, 0.15) is 13.3 Å². The largest absolute Gasteiger partial charge is 0.466 e. The number of nitrogens with two attached hydrogens (primary N) is 1. The molecule has 0 unspecified atom stereocenters. The van der Waals surface area contributed by atoms with Gasteiger partial charge in [0.2, 0.25) is 0 Å². The molecule has 0 saturated heterocycles. The highest BCUT2D eigenvalue weighted by Crippen LogP contribution is 2.10. The van der Waals surface area contributed by atoms with Crippen LogP contribution in [0.25, 0.3) is 0 Å². The summed E-state index contributed by atoms with van der Waals surface area (Å²) in [6.45, 7) is 2.35. The van der Waals surface area contributed by atoms with E-state index in [1.807, 2.05) is 6.92 Å². The lowest BCUT2D eigenvalue weighted by atomic mass is 10.1. The smallest absolute Gasteiger partial charge is 0.334 e. The van der Waals surface area contributed by atoms with Gasteiger partial charge in [0.25, 0.3) is 0 Å². The average molecular weight is 192 g/mol. The van der Waals surface area contributed by atoms with Gasteiger partial charge in [-0.15, -0.1) is 11.6 Å². The van der Waals surface area contributed by atoms with Gasteiger partial charge in [0.05, 0.1) is 18.6 Å². The highest BCUT2D eigenvalue weighted by molar-refractivity contribution is 6.22. The molecule has 0 aromatic heterocycles. The van der Waals surface area contributed by atoms with Gasteiger partial charge < -0.3 is 10.5 Å². The van der Waals surface area contributed by atoms with Crippen molar-refractivity contribution >= 4 is 17.6 Å². The standard InChI is InChI=1S/C8H14ClNO2/c1-6(3-4-10)7(5-9)8(11)12-2/h3-5,10H2,1-2H3. The molecule has 3 nitrogen and oxygen atoms in total. The summed E-state index contributed by atoms with van der Waals surface area (Å²) < 4.78 is 4.55. The van der Waals surface area contributed by atoms with Crippen LogP contribution in [-0.2, 0) is 9.53 Å². The topological polar surface area (TPSA) is 52.3 Å². The van der Waals surface area contributed by atoms with Gasteiger partial charge in [-0.25, -0.2) is 4.79 Å². The van der Waals surface area contributed by atoms with Gasteiger partial charge in [0.15, 0.2) is 0 Å². The molecule has 0 aliphatic heterocycles. The Hall–Kier alpha value is -0.540. The molecule has 0 aliphatic carbocycles. The number of hydrogen-bond acceptors (Lipinski definition) is 3. The molecule has 0 heterocycles. The molecule has 2 N–H and O–H groups in total. The third-order valence-electron chi connectivity index (χ3n) is 1.60. The van der Waals surface area contributed by atoms with Crippen LogP contribution >= 0.6 is 11.6 Å². The zero-order valence-corrected chi connectivity index (χ0v) is 8.15. The number of halogens is 1. The summed E-state index contributed by atoms with van der Waals surface area (Å²) in [5, 5.41) is 0. The van der Waals surface area contributed by atoms with Crippen molar-refractivity contribution in [3.8, 4) is 0 Å². The van der Waals surface area contributed by atoms with Crippen LogP contribution in [0.3, 0.4) is 0 Å². The maximum absolute atomic E-state index is 11.1. The molecule has 4 heteroatoms. The van der Waals surface area contributed by atoms with Crippen LogP contribution in [0.2, 0.25) is 0 Å². The Labute approximate surface area is 77.5 Å². The minimum absolute atomic E-state index is 0.179. The van der Waals surface area contributed by atoms with E-state index in [1.54, 1.807) is 0 Å². The number of rotatable bonds is 4. The number of esters is 1. The molecule has 0 bridgehead atoms. The molecular formula is C8H14ClNO2. The van der Waals surface area contributed by atoms with Crippen LogP contribution in [0.15, 0.2) is 11.1 Å². The van der Waals surface area contributed by atoms with Crippen molar-refractivity contribution in [2.75, 3.05) is 19.5 Å². The molecule has 0 aliphatic rings. The molecule has 0 fully saturated rings. The summed E-state index contributed by atoms with van der Waals surface area (Å²) in [5.41, 5.74) is 6.75. The lowest BCUT2D eigenvalue weighted by Gasteiger charge is -2.05. The van der Waals surface area contributed by atoms with Gasteiger partial charge in [-0.1, -0.05) is 5.57 Å². The molecule has 70 valence electrons. The Balaban J connectivity index is 4.48. The van der Waals surface area contributed by atoms with E-state index in [9.17, 15) is 4.79 Å². The number of methoxy groups -OCH3 is 1. The second-order valence-corrected chi connectivity index (χ2v) is 2.69. The quantitative estimate of drug-likeness (QED) is 0.411. The van der Waals surface area contributed by atoms with Crippen molar-refractivity contribution in [3.63, 3.8) is 0 Å². The molecule has 0 aromatic carbocycles. The molecule has 0 atom stereocenters. The molecule has 0 spiro atoms. The first-order valence-electron chi connectivity index (χ1n) is 3.70. The van der Waals surface area contributed by atoms with E-state index < -0.39 is 0 Å². The van der Waals surface area contributed by atoms with E-state index in [1.165, 1.54) is 7.11 Å². The lowest BCUT2D eigenvalue weighted by molar-refractivity contribution is -0.136. The number of carbonyl (C=O) groups is 1. The van der Waals surface area contributed by atoms with Crippen LogP contribution in [0.5, 0.6) is 0 Å². The first kappa shape index (κ1) is 11.5. The second-order valence-electron chi connectivity index (χ2n) is 2.42. The van der Waals surface area contributed by atoms with Crippen molar-refractivity contribution in [2.45, 2.75) is 13.3 Å². The van der Waals surface area contributed by atoms with Gasteiger partial charge in [-0.05, 0) is 19.9 Å². The van der Waals surface area contributed by atoms with E-state index in [-0.39, 0.29) is 11.8 Å². The summed E-state index contributed by atoms with van der Waals surface area (Å²) in [7, 11) is 1.34. The Kier molecular flexibility index (Phi) is 5.76. The number of alkyl halides is 1. The minimum Gasteiger partial charge on any atom is -0.466 e. The van der Waals surface area contributed by atoms with Crippen molar-refractivity contribution in [3.05, 3.63) is 11.1 Å². The third kappa shape index (κ3) is 3.24. The van der Waals surface area contributed by atoms with Crippen LogP contribution in [0, 0.1) is 0 Å². The highest BCUT2D eigenvalue weighted by atomic mass is 35.5. The lowest BCUT2D eigenvalue weighted by Crippen LogP contribution is -2.10. The number of carbonyl (C=O) groups excluding carboxylic acids is 1. The minimum atomic E-state index is -0.365. The van der Waals surface area contributed by atoms with E-state index in [4.69, 9.17) is 17.3 Å². The van der Waals surface area contributed by atoms with Gasteiger partial charge in [-0.3, -0.25) is 0 Å². The van der Waals surface area contributed by atoms with Gasteiger partial charge >= 0.3 is 5.97 Å². The summed E-state index contributed by atoms with van der Waals surface area (Å²) in [6, 6.07) is 0. The summed E-state index contributed by atoms with van der Waals surface area (Å²) in [5.74, 6) is -0.186. The predicted octanol–water partition coefficient (Wildman–Crippen LogP) is 1.06. The zero-order chi connectivity index (χ0) is 9.56. The first-order chi connectivity index (χ1) is 5.67. The van der Waals surface area contributed by atoms with Crippen molar-refractivity contribution < 1.29 is 9.53 Å². The normalized spacial score (nSPS) is 12.3. The van der Waals surface area contributed by atoms with E-state index >= 15 is 0 Å². The first-order valence-corrected chi connectivity index (χ1v) is 4.23. The predicted molar refractivity (Wildman–Crippen MR) is 49.1 cm³/mol. The molecular weight excluding hydrogens is 178 g/mol. The van der Waals surface area contributed by atoms with Crippen LogP contribution < -0.4 is 5.73 Å². The second kappa shape index (κ2) is 6.03. The molecule has 0 amide bonds. The summed E-state index contributed by atoms with van der Waals surface area (Å²) in [4.78, 5) is 11.1. The van der Waals surface area contributed by atoms with Gasteiger partial charge in [-0.2, -0.15) is 0 Å². The summed E-state index contributed by atoms with van der Waals surface area (Å²) >= 11 is 5.57. The Morgan fingerprint density at radius 2 is 2.17 bits per heavy atom. The molecule has 0 rings (SSSR count). The fourth-order valence-electron chi connectivity index (χ4n) is 0.833. The maximum Gasteiger partial charge on any atom is 0.334 e. The Morgan fingerprint density at radius 3 is 2.50 bits per heavy atom. The molecule has 0 aromatic rings. The van der Waals surface area contributed by atoms with Gasteiger partial charge in [0.1, 0.15) is 0 Å². The van der Waals surface area contributed by atoms with E-state index in [2.05, 4.69) is 4.74 Å². The van der Waals surface area contributed by atoms with Crippen LogP contribution in [0.4, 0.5) is 0 Å². The summed E-state index contributed by atoms with van der Waals surface area (Å²) in [6.07, 6.45) is 0.678. The Bertz CT molecular complexity index is 189. The van der Waals surface area contributed by atoms with E-state index in [0.717, 1.165) is 5.57 Å². The monoisotopic (exact) mass is 191 g/mol. The Morgan fingerprint density at radius 1 is 1.58 bits per heavy atom. The van der Waals surface area contributed by atoms with Crippen molar-refractivity contribution in [1.82, 2.24) is 0 Å². The zero-order valence-electron chi connectivity index (χ0n) is 7.39. The fraction of sp³-hybridized carbons (Fsp3) is 0.625. The molecule has 0 radical (unpaired) electrons. The molecule has 0 saturated carbocycles. The van der Waals surface area contributed by atoms with E-state index in [0.29, 0.717) is 18.5 Å². The maximum atomic E-state index is 11.1. The number of hydrogen-bond donors (Lipinski definition) is 1. The van der Waals surface area contributed by atoms with Crippen molar-refractivity contribution in [1.29, 1.82) is 0 Å². The van der Waals surface area contributed by atoms with Crippen LogP contribution in [-0.4, -0.2) is 25.5 Å². The molecule has 12 heavy (non-hydrogen) atoms. The highest BCUT2D eigenvalue weighted by Gasteiger charge is 2.10. The van der Waals surface area contributed by atoms with Crippen molar-refractivity contribution in [2.24, 2.45) is 5.73 Å².